The fraction of sp³-hybridized carbons (Fsp3) is 0.889. The van der Waals surface area contributed by atoms with E-state index in [9.17, 15) is 0 Å². The van der Waals surface area contributed by atoms with Gasteiger partial charge >= 0.3 is 0 Å². The molecular formula is C9H18N4. The fourth-order valence-corrected chi connectivity index (χ4v) is 2.53. The fourth-order valence-electron chi connectivity index (χ4n) is 2.53. The van der Waals surface area contributed by atoms with Gasteiger partial charge in [0.25, 0.3) is 0 Å². The maximum atomic E-state index is 5.37. The van der Waals surface area contributed by atoms with Crippen LogP contribution in [0.25, 0.3) is 0 Å². The van der Waals surface area contributed by atoms with Crippen molar-refractivity contribution in [2.45, 2.75) is 37.8 Å². The van der Waals surface area contributed by atoms with Gasteiger partial charge in [0.05, 0.1) is 6.04 Å². The number of hydrogen-bond acceptors (Lipinski definition) is 2. The molecule has 0 saturated carbocycles. The van der Waals surface area contributed by atoms with Crippen LogP contribution in [-0.2, 0) is 0 Å². The Kier molecular flexibility index (Phi) is 2.40. The predicted octanol–water partition coefficient (Wildman–Crippen LogP) is -0.113. The molecule has 74 valence electrons. The zero-order valence-electron chi connectivity index (χ0n) is 7.95. The summed E-state index contributed by atoms with van der Waals surface area (Å²) in [5.41, 5.74) is 10.7. The average molecular weight is 182 g/mol. The van der Waals surface area contributed by atoms with Crippen LogP contribution in [0.15, 0.2) is 4.99 Å². The van der Waals surface area contributed by atoms with E-state index >= 15 is 0 Å². The van der Waals surface area contributed by atoms with E-state index < -0.39 is 0 Å². The van der Waals surface area contributed by atoms with Crippen LogP contribution < -0.4 is 11.5 Å². The van der Waals surface area contributed by atoms with Gasteiger partial charge in [0.1, 0.15) is 0 Å². The number of guanidine groups is 1. The standard InChI is InChI=1S/C9H18N4/c10-9(11)12-7-3-5-13-4-1-2-8(13)6-7/h7-8H,1-6H2,(H4,10,11,12). The normalized spacial score (nSPS) is 34.2. The zero-order valence-corrected chi connectivity index (χ0v) is 7.95. The molecule has 4 N–H and O–H groups in total. The van der Waals surface area contributed by atoms with Gasteiger partial charge in [-0.3, -0.25) is 4.99 Å². The van der Waals surface area contributed by atoms with E-state index in [1.165, 1.54) is 25.9 Å². The zero-order chi connectivity index (χ0) is 9.26. The Labute approximate surface area is 79.0 Å². The van der Waals surface area contributed by atoms with Crippen LogP contribution in [0.1, 0.15) is 25.7 Å². The van der Waals surface area contributed by atoms with Crippen molar-refractivity contribution < 1.29 is 0 Å². The first-order chi connectivity index (χ1) is 6.25. The molecule has 0 aliphatic carbocycles. The van der Waals surface area contributed by atoms with Crippen molar-refractivity contribution in [2.24, 2.45) is 16.5 Å². The van der Waals surface area contributed by atoms with Crippen LogP contribution in [-0.4, -0.2) is 36.0 Å². The summed E-state index contributed by atoms with van der Waals surface area (Å²) in [6, 6.07) is 1.13. The molecule has 2 rings (SSSR count). The molecule has 4 heteroatoms. The largest absolute Gasteiger partial charge is 0.370 e. The van der Waals surface area contributed by atoms with Gasteiger partial charge in [0.2, 0.25) is 0 Å². The quantitative estimate of drug-likeness (QED) is 0.439. The number of nitrogens with zero attached hydrogens (tertiary/aromatic N) is 2. The van der Waals surface area contributed by atoms with Gasteiger partial charge in [-0.05, 0) is 32.2 Å². The topological polar surface area (TPSA) is 67.6 Å². The number of hydrogen-bond donors (Lipinski definition) is 2. The van der Waals surface area contributed by atoms with Gasteiger partial charge in [-0.25, -0.2) is 0 Å². The monoisotopic (exact) mass is 182 g/mol. The highest BCUT2D eigenvalue weighted by Gasteiger charge is 2.31. The molecule has 2 unspecified atom stereocenters. The minimum atomic E-state index is 0.247. The Balaban J connectivity index is 1.93. The first-order valence-corrected chi connectivity index (χ1v) is 5.08. The maximum Gasteiger partial charge on any atom is 0.186 e. The van der Waals surface area contributed by atoms with Crippen LogP contribution in [0.5, 0.6) is 0 Å². The van der Waals surface area contributed by atoms with E-state index in [1.807, 2.05) is 0 Å². The van der Waals surface area contributed by atoms with Crippen LogP contribution in [0.3, 0.4) is 0 Å². The Morgan fingerprint density at radius 1 is 1.23 bits per heavy atom. The lowest BCUT2D eigenvalue weighted by Gasteiger charge is -2.32. The molecule has 2 heterocycles. The SMILES string of the molecule is NC(N)=NC1CCN2CCCC2C1. The number of aliphatic imine (C=N–C) groups is 1. The Morgan fingerprint density at radius 2 is 2.08 bits per heavy atom. The van der Waals surface area contributed by atoms with Crippen molar-refractivity contribution in [1.82, 2.24) is 4.90 Å². The molecule has 2 aliphatic rings. The summed E-state index contributed by atoms with van der Waals surface area (Å²) in [5.74, 6) is 0.247. The third-order valence-corrected chi connectivity index (χ3v) is 3.12. The van der Waals surface area contributed by atoms with Crippen LogP contribution in [0, 0.1) is 0 Å². The molecule has 0 bridgehead atoms. The molecule has 2 fully saturated rings. The lowest BCUT2D eigenvalue weighted by molar-refractivity contribution is 0.183. The van der Waals surface area contributed by atoms with Gasteiger partial charge in [-0.1, -0.05) is 0 Å². The summed E-state index contributed by atoms with van der Waals surface area (Å²) in [6.45, 7) is 2.45. The van der Waals surface area contributed by atoms with E-state index in [0.29, 0.717) is 6.04 Å². The van der Waals surface area contributed by atoms with Crippen molar-refractivity contribution in [3.8, 4) is 0 Å². The lowest BCUT2D eigenvalue weighted by atomic mass is 9.98. The van der Waals surface area contributed by atoms with Crippen molar-refractivity contribution in [3.05, 3.63) is 0 Å². The highest BCUT2D eigenvalue weighted by molar-refractivity contribution is 5.75. The van der Waals surface area contributed by atoms with Crippen molar-refractivity contribution in [3.63, 3.8) is 0 Å². The Bertz CT molecular complexity index is 210. The summed E-state index contributed by atoms with van der Waals surface area (Å²) in [7, 11) is 0. The molecule has 0 aromatic rings. The second-order valence-corrected chi connectivity index (χ2v) is 4.06. The molecule has 13 heavy (non-hydrogen) atoms. The number of rotatable bonds is 1. The van der Waals surface area contributed by atoms with E-state index in [-0.39, 0.29) is 5.96 Å². The van der Waals surface area contributed by atoms with Crippen LogP contribution in [0.2, 0.25) is 0 Å². The molecule has 0 spiro atoms. The van der Waals surface area contributed by atoms with Gasteiger partial charge in [0, 0.05) is 12.6 Å². The van der Waals surface area contributed by atoms with Crippen molar-refractivity contribution in [1.29, 1.82) is 0 Å². The molecule has 4 nitrogen and oxygen atoms in total. The molecule has 0 aromatic heterocycles. The van der Waals surface area contributed by atoms with E-state index in [4.69, 9.17) is 11.5 Å². The van der Waals surface area contributed by atoms with E-state index in [2.05, 4.69) is 9.89 Å². The third kappa shape index (κ3) is 1.94. The van der Waals surface area contributed by atoms with Crippen LogP contribution >= 0.6 is 0 Å². The average Bonchev–Trinajstić information content (AvgIpc) is 2.49. The van der Waals surface area contributed by atoms with E-state index in [1.54, 1.807) is 0 Å². The predicted molar refractivity (Wildman–Crippen MR) is 53.4 cm³/mol. The molecule has 2 aliphatic heterocycles. The third-order valence-electron chi connectivity index (χ3n) is 3.12. The number of nitrogens with two attached hydrogens (primary N) is 2. The number of fused-ring (bicyclic) bond motifs is 1. The highest BCUT2D eigenvalue weighted by Crippen LogP contribution is 2.27. The molecule has 0 aromatic carbocycles. The lowest BCUT2D eigenvalue weighted by Crippen LogP contribution is -2.40. The summed E-state index contributed by atoms with van der Waals surface area (Å²) < 4.78 is 0. The highest BCUT2D eigenvalue weighted by atomic mass is 15.2. The van der Waals surface area contributed by atoms with Gasteiger partial charge in [-0.2, -0.15) is 0 Å². The summed E-state index contributed by atoms with van der Waals surface area (Å²) in [5, 5.41) is 0. The molecular weight excluding hydrogens is 164 g/mol. The smallest absolute Gasteiger partial charge is 0.186 e. The van der Waals surface area contributed by atoms with Crippen molar-refractivity contribution >= 4 is 5.96 Å². The number of piperidine rings is 1. The van der Waals surface area contributed by atoms with Crippen molar-refractivity contribution in [2.75, 3.05) is 13.1 Å². The molecule has 0 amide bonds. The van der Waals surface area contributed by atoms with Gasteiger partial charge < -0.3 is 16.4 Å². The van der Waals surface area contributed by atoms with Gasteiger partial charge in [-0.15, -0.1) is 0 Å². The first-order valence-electron chi connectivity index (χ1n) is 5.08. The Morgan fingerprint density at radius 3 is 2.85 bits per heavy atom. The molecule has 2 saturated heterocycles. The van der Waals surface area contributed by atoms with E-state index in [0.717, 1.165) is 18.9 Å². The van der Waals surface area contributed by atoms with Gasteiger partial charge in [0.15, 0.2) is 5.96 Å². The summed E-state index contributed by atoms with van der Waals surface area (Å²) >= 11 is 0. The minimum absolute atomic E-state index is 0.247. The second-order valence-electron chi connectivity index (χ2n) is 4.06. The molecule has 0 radical (unpaired) electrons. The van der Waals surface area contributed by atoms with Crippen LogP contribution in [0.4, 0.5) is 0 Å². The molecule has 2 atom stereocenters. The summed E-state index contributed by atoms with van der Waals surface area (Å²) in [4.78, 5) is 6.81. The Hall–Kier alpha value is -0.770. The summed E-state index contributed by atoms with van der Waals surface area (Å²) in [6.07, 6.45) is 4.95. The first kappa shape index (κ1) is 8.81. The second kappa shape index (κ2) is 3.54. The minimum Gasteiger partial charge on any atom is -0.370 e. The maximum absolute atomic E-state index is 5.37.